The Balaban J connectivity index is 2.39. The third-order valence-electron chi connectivity index (χ3n) is 2.96. The van der Waals surface area contributed by atoms with E-state index < -0.39 is 0 Å². The summed E-state index contributed by atoms with van der Waals surface area (Å²) in [5.74, 6) is -0.644. The van der Waals surface area contributed by atoms with Crippen LogP contribution in [0.25, 0.3) is 10.8 Å². The van der Waals surface area contributed by atoms with Crippen molar-refractivity contribution in [3.05, 3.63) is 48.0 Å². The molecule has 0 heterocycles. The molecule has 3 nitrogen and oxygen atoms in total. The Bertz CT molecular complexity index is 549. The van der Waals surface area contributed by atoms with Gasteiger partial charge in [-0.05, 0) is 23.3 Å². The van der Waals surface area contributed by atoms with Crippen LogP contribution in [0.2, 0.25) is 0 Å². The van der Waals surface area contributed by atoms with Crippen molar-refractivity contribution in [2.75, 3.05) is 7.05 Å². The molecule has 2 rings (SSSR count). The minimum atomic E-state index is -0.338. The molecule has 0 bridgehead atoms. The van der Waals surface area contributed by atoms with Gasteiger partial charge in [-0.1, -0.05) is 42.5 Å². The van der Waals surface area contributed by atoms with Crippen molar-refractivity contribution in [1.29, 1.82) is 0 Å². The smallest absolute Gasteiger partial charge is 0.252 e. The van der Waals surface area contributed by atoms with Gasteiger partial charge in [0.15, 0.2) is 0 Å². The molecule has 0 saturated carbocycles. The quantitative estimate of drug-likeness (QED) is 0.635. The maximum atomic E-state index is 11.7. The number of carbonyl (C=O) groups excluding carboxylic acids is 1. The monoisotopic (exact) mass is 229 g/mol. The minimum Gasteiger partial charge on any atom is -0.286 e. The Morgan fingerprint density at radius 3 is 2.47 bits per heavy atom. The first kappa shape index (κ1) is 11.6. The summed E-state index contributed by atoms with van der Waals surface area (Å²) in [4.78, 5) is 11.7. The Kier molecular flexibility index (Phi) is 3.11. The van der Waals surface area contributed by atoms with Crippen LogP contribution in [0.15, 0.2) is 42.5 Å². The lowest BCUT2D eigenvalue weighted by Crippen LogP contribution is -2.27. The van der Waals surface area contributed by atoms with Crippen LogP contribution in [0, 0.1) is 0 Å². The summed E-state index contributed by atoms with van der Waals surface area (Å²) in [6, 6.07) is 13.9. The molecule has 1 N–H and O–H groups in total. The molecule has 0 fully saturated rings. The molecular formula is C14H15NO2. The maximum Gasteiger partial charge on any atom is 0.252 e. The molecule has 17 heavy (non-hydrogen) atoms. The van der Waals surface area contributed by atoms with Crippen molar-refractivity contribution in [3.8, 4) is 0 Å². The van der Waals surface area contributed by atoms with Gasteiger partial charge >= 0.3 is 0 Å². The standard InChI is InChI=1S/C14H15NO2/c1-10(14(16)15(2)17)12-8-7-11-5-3-4-6-13(11)9-12/h3-10,17H,1-2H3. The lowest BCUT2D eigenvalue weighted by molar-refractivity contribution is -0.160. The normalized spacial score (nSPS) is 12.4. The van der Waals surface area contributed by atoms with E-state index in [2.05, 4.69) is 0 Å². The van der Waals surface area contributed by atoms with Gasteiger partial charge < -0.3 is 0 Å². The van der Waals surface area contributed by atoms with E-state index in [0.717, 1.165) is 16.3 Å². The molecule has 1 amide bonds. The van der Waals surface area contributed by atoms with E-state index in [4.69, 9.17) is 5.21 Å². The van der Waals surface area contributed by atoms with Gasteiger partial charge in [0.05, 0.1) is 5.92 Å². The second-order valence-corrected chi connectivity index (χ2v) is 4.19. The van der Waals surface area contributed by atoms with E-state index in [9.17, 15) is 4.79 Å². The van der Waals surface area contributed by atoms with Gasteiger partial charge in [-0.2, -0.15) is 0 Å². The summed E-state index contributed by atoms with van der Waals surface area (Å²) in [6.07, 6.45) is 0. The van der Waals surface area contributed by atoms with E-state index >= 15 is 0 Å². The lowest BCUT2D eigenvalue weighted by Gasteiger charge is -2.15. The highest BCUT2D eigenvalue weighted by atomic mass is 16.5. The number of fused-ring (bicyclic) bond motifs is 1. The van der Waals surface area contributed by atoms with Crippen LogP contribution in [0.4, 0.5) is 0 Å². The van der Waals surface area contributed by atoms with E-state index in [1.807, 2.05) is 42.5 Å². The SMILES string of the molecule is CC(C(=O)N(C)O)c1ccc2ccccc2c1. The van der Waals surface area contributed by atoms with Gasteiger partial charge in [0, 0.05) is 7.05 Å². The number of amides is 1. The lowest BCUT2D eigenvalue weighted by atomic mass is 9.97. The summed E-state index contributed by atoms with van der Waals surface area (Å²) >= 11 is 0. The van der Waals surface area contributed by atoms with Crippen molar-refractivity contribution in [2.45, 2.75) is 12.8 Å². The van der Waals surface area contributed by atoms with Crippen molar-refractivity contribution < 1.29 is 10.0 Å². The number of hydrogen-bond donors (Lipinski definition) is 1. The first-order chi connectivity index (χ1) is 8.09. The van der Waals surface area contributed by atoms with Crippen LogP contribution < -0.4 is 0 Å². The van der Waals surface area contributed by atoms with Crippen LogP contribution in [0.5, 0.6) is 0 Å². The number of likely N-dealkylation sites (N-methyl/N-ethyl adjacent to an activating group) is 1. The highest BCUT2D eigenvalue weighted by molar-refractivity contribution is 5.87. The molecule has 0 aromatic heterocycles. The number of nitrogens with zero attached hydrogens (tertiary/aromatic N) is 1. The fourth-order valence-electron chi connectivity index (χ4n) is 1.90. The number of hydrogen-bond acceptors (Lipinski definition) is 2. The summed E-state index contributed by atoms with van der Waals surface area (Å²) in [5, 5.41) is 12.0. The number of rotatable bonds is 2. The second-order valence-electron chi connectivity index (χ2n) is 4.19. The van der Waals surface area contributed by atoms with Crippen LogP contribution in [-0.2, 0) is 4.79 Å². The Labute approximate surface area is 100 Å². The van der Waals surface area contributed by atoms with E-state index in [1.165, 1.54) is 7.05 Å². The third-order valence-corrected chi connectivity index (χ3v) is 2.96. The Morgan fingerprint density at radius 1 is 1.18 bits per heavy atom. The fourth-order valence-corrected chi connectivity index (χ4v) is 1.90. The molecule has 2 aromatic rings. The molecule has 0 aliphatic carbocycles. The van der Waals surface area contributed by atoms with Crippen LogP contribution >= 0.6 is 0 Å². The number of benzene rings is 2. The van der Waals surface area contributed by atoms with Crippen LogP contribution in [0.1, 0.15) is 18.4 Å². The summed E-state index contributed by atoms with van der Waals surface area (Å²) in [5.41, 5.74) is 0.912. The molecule has 88 valence electrons. The Hall–Kier alpha value is -1.87. The summed E-state index contributed by atoms with van der Waals surface area (Å²) < 4.78 is 0. The zero-order valence-electron chi connectivity index (χ0n) is 9.92. The molecule has 0 spiro atoms. The first-order valence-corrected chi connectivity index (χ1v) is 5.55. The zero-order chi connectivity index (χ0) is 12.4. The van der Waals surface area contributed by atoms with Gasteiger partial charge in [-0.25, -0.2) is 5.06 Å². The van der Waals surface area contributed by atoms with Crippen LogP contribution in [-0.4, -0.2) is 23.2 Å². The molecule has 0 radical (unpaired) electrons. The average Bonchev–Trinajstić information content (AvgIpc) is 2.36. The largest absolute Gasteiger partial charge is 0.286 e. The van der Waals surface area contributed by atoms with E-state index in [1.54, 1.807) is 6.92 Å². The van der Waals surface area contributed by atoms with Gasteiger partial charge in [0.25, 0.3) is 5.91 Å². The maximum absolute atomic E-state index is 11.7. The van der Waals surface area contributed by atoms with Crippen molar-refractivity contribution in [1.82, 2.24) is 5.06 Å². The van der Waals surface area contributed by atoms with Crippen molar-refractivity contribution >= 4 is 16.7 Å². The van der Waals surface area contributed by atoms with Crippen LogP contribution in [0.3, 0.4) is 0 Å². The minimum absolute atomic E-state index is 0.305. The van der Waals surface area contributed by atoms with Gasteiger partial charge in [0.1, 0.15) is 0 Å². The average molecular weight is 229 g/mol. The molecule has 2 aromatic carbocycles. The van der Waals surface area contributed by atoms with Gasteiger partial charge in [-0.3, -0.25) is 10.0 Å². The molecule has 3 heteroatoms. The second kappa shape index (κ2) is 4.55. The molecule has 1 unspecified atom stereocenters. The third kappa shape index (κ3) is 2.29. The molecule has 0 saturated heterocycles. The topological polar surface area (TPSA) is 40.5 Å². The molecule has 0 aliphatic heterocycles. The Morgan fingerprint density at radius 2 is 1.82 bits per heavy atom. The predicted octanol–water partition coefficient (Wildman–Crippen LogP) is 2.79. The highest BCUT2D eigenvalue weighted by Gasteiger charge is 2.18. The number of hydroxylamine groups is 2. The van der Waals surface area contributed by atoms with Gasteiger partial charge in [0.2, 0.25) is 0 Å². The van der Waals surface area contributed by atoms with Crippen molar-refractivity contribution in [2.24, 2.45) is 0 Å². The highest BCUT2D eigenvalue weighted by Crippen LogP contribution is 2.22. The zero-order valence-corrected chi connectivity index (χ0v) is 9.92. The van der Waals surface area contributed by atoms with Gasteiger partial charge in [-0.15, -0.1) is 0 Å². The van der Waals surface area contributed by atoms with E-state index in [-0.39, 0.29) is 11.8 Å². The fraction of sp³-hybridized carbons (Fsp3) is 0.214. The van der Waals surface area contributed by atoms with Crippen molar-refractivity contribution in [3.63, 3.8) is 0 Å². The summed E-state index contributed by atoms with van der Waals surface area (Å²) in [6.45, 7) is 1.79. The summed E-state index contributed by atoms with van der Waals surface area (Å²) in [7, 11) is 1.35. The molecular weight excluding hydrogens is 214 g/mol. The first-order valence-electron chi connectivity index (χ1n) is 5.55. The van der Waals surface area contributed by atoms with E-state index in [0.29, 0.717) is 5.06 Å². The predicted molar refractivity (Wildman–Crippen MR) is 66.9 cm³/mol. The number of carbonyl (C=O) groups is 1. The molecule has 1 atom stereocenters. The molecule has 0 aliphatic rings.